The largest absolute Gasteiger partial charge is 0.398 e. The van der Waals surface area contributed by atoms with Gasteiger partial charge < -0.3 is 16.0 Å². The highest BCUT2D eigenvalue weighted by Crippen LogP contribution is 2.39. The standard InChI is InChI=1S/C20H31N3O/c1-20(2)9-7-16(8-10-20)17-13-15(5-6-18(17)21)14-19(24)22-11-12-23(3)4/h5-7,13H,8-12,14,21H2,1-4H3,(H,22,24). The average Bonchev–Trinajstić information content (AvgIpc) is 2.49. The molecule has 0 saturated carbocycles. The van der Waals surface area contributed by atoms with E-state index in [4.69, 9.17) is 5.73 Å². The van der Waals surface area contributed by atoms with E-state index >= 15 is 0 Å². The molecule has 0 heterocycles. The number of anilines is 1. The van der Waals surface area contributed by atoms with Crippen LogP contribution in [0.15, 0.2) is 24.3 Å². The third-order valence-corrected chi connectivity index (χ3v) is 4.68. The van der Waals surface area contributed by atoms with Crippen LogP contribution in [0.1, 0.15) is 44.2 Å². The van der Waals surface area contributed by atoms with Crippen LogP contribution < -0.4 is 11.1 Å². The van der Waals surface area contributed by atoms with Crippen LogP contribution in [0.5, 0.6) is 0 Å². The van der Waals surface area contributed by atoms with Gasteiger partial charge in [0.15, 0.2) is 0 Å². The number of carbonyl (C=O) groups is 1. The van der Waals surface area contributed by atoms with Gasteiger partial charge in [-0.2, -0.15) is 0 Å². The van der Waals surface area contributed by atoms with Crippen LogP contribution in [-0.4, -0.2) is 38.0 Å². The number of likely N-dealkylation sites (N-methyl/N-ethyl adjacent to an activating group) is 1. The molecule has 0 aromatic heterocycles. The Bertz CT molecular complexity index is 617. The fourth-order valence-electron chi connectivity index (χ4n) is 2.98. The van der Waals surface area contributed by atoms with E-state index in [2.05, 4.69) is 36.2 Å². The Kier molecular flexibility index (Phi) is 6.05. The van der Waals surface area contributed by atoms with Crippen molar-refractivity contribution in [1.82, 2.24) is 10.2 Å². The first-order chi connectivity index (χ1) is 11.3. The third-order valence-electron chi connectivity index (χ3n) is 4.68. The van der Waals surface area contributed by atoms with Gasteiger partial charge in [-0.15, -0.1) is 0 Å². The van der Waals surface area contributed by atoms with Crippen LogP contribution in [0.3, 0.4) is 0 Å². The Morgan fingerprint density at radius 2 is 2.08 bits per heavy atom. The summed E-state index contributed by atoms with van der Waals surface area (Å²) in [7, 11) is 4.00. The van der Waals surface area contributed by atoms with Crippen molar-refractivity contribution in [3.8, 4) is 0 Å². The topological polar surface area (TPSA) is 58.4 Å². The Labute approximate surface area is 146 Å². The van der Waals surface area contributed by atoms with Gasteiger partial charge in [0.05, 0.1) is 6.42 Å². The van der Waals surface area contributed by atoms with Gasteiger partial charge in [0, 0.05) is 24.3 Å². The smallest absolute Gasteiger partial charge is 0.224 e. The minimum absolute atomic E-state index is 0.0614. The van der Waals surface area contributed by atoms with Crippen LogP contribution in [0, 0.1) is 5.41 Å². The third kappa shape index (κ3) is 5.38. The van der Waals surface area contributed by atoms with Crippen molar-refractivity contribution in [2.45, 2.75) is 39.5 Å². The molecule has 132 valence electrons. The number of hydrogen-bond donors (Lipinski definition) is 2. The fraction of sp³-hybridized carbons (Fsp3) is 0.550. The molecule has 24 heavy (non-hydrogen) atoms. The Morgan fingerprint density at radius 3 is 2.71 bits per heavy atom. The van der Waals surface area contributed by atoms with Crippen LogP contribution in [0.25, 0.3) is 5.57 Å². The molecule has 1 aromatic carbocycles. The van der Waals surface area contributed by atoms with E-state index in [1.165, 1.54) is 12.0 Å². The van der Waals surface area contributed by atoms with Crippen LogP contribution >= 0.6 is 0 Å². The number of nitrogen functional groups attached to an aromatic ring is 1. The SMILES string of the molecule is CN(C)CCNC(=O)Cc1ccc(N)c(C2=CCC(C)(C)CC2)c1. The predicted molar refractivity (Wildman–Crippen MR) is 102 cm³/mol. The summed E-state index contributed by atoms with van der Waals surface area (Å²) >= 11 is 0. The quantitative estimate of drug-likeness (QED) is 0.789. The van der Waals surface area contributed by atoms with Crippen molar-refractivity contribution in [2.24, 2.45) is 5.41 Å². The molecule has 0 atom stereocenters. The number of amides is 1. The first kappa shape index (κ1) is 18.5. The molecule has 0 spiro atoms. The summed E-state index contributed by atoms with van der Waals surface area (Å²) in [6, 6.07) is 5.97. The van der Waals surface area contributed by atoms with Crippen LogP contribution in [0.4, 0.5) is 5.69 Å². The first-order valence-corrected chi connectivity index (χ1v) is 8.76. The van der Waals surface area contributed by atoms with E-state index in [0.717, 1.165) is 36.2 Å². The molecule has 4 nitrogen and oxygen atoms in total. The van der Waals surface area contributed by atoms with Gasteiger partial charge >= 0.3 is 0 Å². The molecule has 4 heteroatoms. The Balaban J connectivity index is 2.03. The molecule has 0 radical (unpaired) electrons. The number of nitrogens with two attached hydrogens (primary N) is 1. The maximum atomic E-state index is 12.1. The summed E-state index contributed by atoms with van der Waals surface area (Å²) in [4.78, 5) is 14.1. The van der Waals surface area contributed by atoms with E-state index in [1.807, 2.05) is 26.2 Å². The molecule has 2 rings (SSSR count). The second-order valence-electron chi connectivity index (χ2n) is 7.85. The summed E-state index contributed by atoms with van der Waals surface area (Å²) < 4.78 is 0. The predicted octanol–water partition coefficient (Wildman–Crippen LogP) is 3.08. The number of hydrogen-bond acceptors (Lipinski definition) is 3. The monoisotopic (exact) mass is 329 g/mol. The van der Waals surface area contributed by atoms with E-state index in [0.29, 0.717) is 18.4 Å². The summed E-state index contributed by atoms with van der Waals surface area (Å²) in [5.74, 6) is 0.0614. The zero-order chi connectivity index (χ0) is 17.7. The lowest BCUT2D eigenvalue weighted by atomic mass is 9.76. The van der Waals surface area contributed by atoms with Crippen LogP contribution in [-0.2, 0) is 11.2 Å². The highest BCUT2D eigenvalue weighted by molar-refractivity contribution is 5.81. The normalized spacial score (nSPS) is 16.8. The van der Waals surface area contributed by atoms with E-state index in [-0.39, 0.29) is 5.91 Å². The number of carbonyl (C=O) groups excluding carboxylic acids is 1. The fourth-order valence-corrected chi connectivity index (χ4v) is 2.98. The molecule has 1 aliphatic carbocycles. The highest BCUT2D eigenvalue weighted by Gasteiger charge is 2.22. The molecular formula is C20H31N3O. The second kappa shape index (κ2) is 7.84. The van der Waals surface area contributed by atoms with Gasteiger partial charge in [-0.3, -0.25) is 4.79 Å². The zero-order valence-electron chi connectivity index (χ0n) is 15.5. The van der Waals surface area contributed by atoms with Gasteiger partial charge in [-0.1, -0.05) is 26.0 Å². The molecule has 1 aromatic rings. The zero-order valence-corrected chi connectivity index (χ0v) is 15.5. The van der Waals surface area contributed by atoms with Crippen molar-refractivity contribution < 1.29 is 4.79 Å². The van der Waals surface area contributed by atoms with Crippen molar-refractivity contribution >= 4 is 17.2 Å². The summed E-state index contributed by atoms with van der Waals surface area (Å²) in [6.45, 7) is 6.13. The molecule has 3 N–H and O–H groups in total. The lowest BCUT2D eigenvalue weighted by molar-refractivity contribution is -0.120. The second-order valence-corrected chi connectivity index (χ2v) is 7.85. The Morgan fingerprint density at radius 1 is 1.33 bits per heavy atom. The van der Waals surface area contributed by atoms with Gasteiger partial charge in [0.1, 0.15) is 0 Å². The first-order valence-electron chi connectivity index (χ1n) is 8.76. The highest BCUT2D eigenvalue weighted by atomic mass is 16.1. The molecule has 1 amide bonds. The minimum atomic E-state index is 0.0614. The maximum absolute atomic E-state index is 12.1. The van der Waals surface area contributed by atoms with Gasteiger partial charge in [-0.25, -0.2) is 0 Å². The number of allylic oxidation sites excluding steroid dienone is 2. The Hall–Kier alpha value is -1.81. The number of rotatable bonds is 6. The lowest BCUT2D eigenvalue weighted by Crippen LogP contribution is -2.32. The number of benzene rings is 1. The van der Waals surface area contributed by atoms with Crippen molar-refractivity contribution in [3.05, 3.63) is 35.4 Å². The van der Waals surface area contributed by atoms with Gasteiger partial charge in [-0.05, 0) is 62.0 Å². The van der Waals surface area contributed by atoms with Crippen molar-refractivity contribution in [1.29, 1.82) is 0 Å². The van der Waals surface area contributed by atoms with Gasteiger partial charge in [0.2, 0.25) is 5.91 Å². The van der Waals surface area contributed by atoms with E-state index in [1.54, 1.807) is 0 Å². The summed E-state index contributed by atoms with van der Waals surface area (Å²) in [5, 5.41) is 2.96. The maximum Gasteiger partial charge on any atom is 0.224 e. The van der Waals surface area contributed by atoms with Crippen molar-refractivity contribution in [2.75, 3.05) is 32.9 Å². The van der Waals surface area contributed by atoms with Crippen molar-refractivity contribution in [3.63, 3.8) is 0 Å². The van der Waals surface area contributed by atoms with Crippen LogP contribution in [0.2, 0.25) is 0 Å². The van der Waals surface area contributed by atoms with Gasteiger partial charge in [0.25, 0.3) is 0 Å². The molecular weight excluding hydrogens is 298 g/mol. The summed E-state index contributed by atoms with van der Waals surface area (Å²) in [6.07, 6.45) is 6.02. The lowest BCUT2D eigenvalue weighted by Gasteiger charge is -2.29. The molecule has 0 saturated heterocycles. The number of nitrogens with one attached hydrogen (secondary N) is 1. The molecule has 0 aliphatic heterocycles. The molecule has 0 bridgehead atoms. The average molecular weight is 329 g/mol. The molecule has 1 aliphatic rings. The van der Waals surface area contributed by atoms with E-state index in [9.17, 15) is 4.79 Å². The summed E-state index contributed by atoms with van der Waals surface area (Å²) in [5.41, 5.74) is 10.8. The number of nitrogens with zero attached hydrogens (tertiary/aromatic N) is 1. The minimum Gasteiger partial charge on any atom is -0.398 e. The molecule has 0 fully saturated rings. The van der Waals surface area contributed by atoms with E-state index < -0.39 is 0 Å². The molecule has 0 unspecified atom stereocenters.